The van der Waals surface area contributed by atoms with Crippen molar-refractivity contribution in [1.29, 1.82) is 0 Å². The molecule has 0 saturated heterocycles. The number of hydrogen-bond acceptors (Lipinski definition) is 2. The fourth-order valence-electron chi connectivity index (χ4n) is 1.79. The number of aryl methyl sites for hydroxylation is 1. The zero-order valence-corrected chi connectivity index (χ0v) is 11.9. The van der Waals surface area contributed by atoms with Gasteiger partial charge in [0.2, 0.25) is 0 Å². The predicted molar refractivity (Wildman–Crippen MR) is 79.6 cm³/mol. The minimum atomic E-state index is 0.411. The van der Waals surface area contributed by atoms with Crippen LogP contribution in [0.1, 0.15) is 38.3 Å². The molecule has 0 saturated carbocycles. The maximum Gasteiger partial charge on any atom is 0.106 e. The molecule has 2 unspecified atom stereocenters. The molecule has 0 aliphatic carbocycles. The van der Waals surface area contributed by atoms with Crippen LogP contribution in [0.15, 0.2) is 18.2 Å². The first kappa shape index (κ1) is 14.0. The fourth-order valence-corrected chi connectivity index (χ4v) is 1.96. The summed E-state index contributed by atoms with van der Waals surface area (Å²) in [5.41, 5.74) is 8.96. The third kappa shape index (κ3) is 3.43. The van der Waals surface area contributed by atoms with Gasteiger partial charge >= 0.3 is 0 Å². The molecule has 0 aliphatic rings. The Kier molecular flexibility index (Phi) is 4.94. The molecule has 94 valence electrons. The van der Waals surface area contributed by atoms with Crippen molar-refractivity contribution in [3.63, 3.8) is 0 Å². The van der Waals surface area contributed by atoms with Crippen molar-refractivity contribution in [3.05, 3.63) is 29.3 Å². The number of hydrogen-bond donors (Lipinski definition) is 2. The second kappa shape index (κ2) is 6.01. The minimum absolute atomic E-state index is 0.411. The molecule has 2 atom stereocenters. The van der Waals surface area contributed by atoms with Crippen LogP contribution < -0.4 is 11.1 Å². The van der Waals surface area contributed by atoms with E-state index in [-0.39, 0.29) is 0 Å². The average molecular weight is 250 g/mol. The third-order valence-corrected chi connectivity index (χ3v) is 3.63. The van der Waals surface area contributed by atoms with Crippen LogP contribution in [0, 0.1) is 12.8 Å². The zero-order chi connectivity index (χ0) is 13.0. The second-order valence-electron chi connectivity index (χ2n) is 4.68. The van der Waals surface area contributed by atoms with Crippen molar-refractivity contribution in [2.24, 2.45) is 11.7 Å². The topological polar surface area (TPSA) is 38.0 Å². The summed E-state index contributed by atoms with van der Waals surface area (Å²) in [6.45, 7) is 8.73. The molecule has 1 rings (SSSR count). The number of nitrogens with one attached hydrogen (secondary N) is 1. The van der Waals surface area contributed by atoms with Crippen LogP contribution in [0.2, 0.25) is 0 Å². The van der Waals surface area contributed by atoms with Gasteiger partial charge in [-0.2, -0.15) is 0 Å². The van der Waals surface area contributed by atoms with Crippen molar-refractivity contribution in [1.82, 2.24) is 0 Å². The Morgan fingerprint density at radius 2 is 2.06 bits per heavy atom. The number of thiocarbonyl (C=S) groups is 1. The second-order valence-corrected chi connectivity index (χ2v) is 5.12. The lowest BCUT2D eigenvalue weighted by molar-refractivity contribution is 0.494. The van der Waals surface area contributed by atoms with Crippen molar-refractivity contribution < 1.29 is 0 Å². The van der Waals surface area contributed by atoms with E-state index in [0.717, 1.165) is 17.7 Å². The van der Waals surface area contributed by atoms with Gasteiger partial charge in [-0.05, 0) is 31.4 Å². The van der Waals surface area contributed by atoms with Gasteiger partial charge in [0.15, 0.2) is 0 Å². The Hall–Kier alpha value is -1.09. The maximum atomic E-state index is 5.76. The molecule has 0 bridgehead atoms. The molecule has 0 spiro atoms. The molecule has 17 heavy (non-hydrogen) atoms. The zero-order valence-electron chi connectivity index (χ0n) is 11.1. The van der Waals surface area contributed by atoms with E-state index in [1.54, 1.807) is 0 Å². The van der Waals surface area contributed by atoms with Crippen molar-refractivity contribution >= 4 is 22.9 Å². The SMILES string of the molecule is CCC(C)C(C)Nc1c(C)cccc1C(N)=S. The summed E-state index contributed by atoms with van der Waals surface area (Å²) in [5.74, 6) is 0.619. The smallest absolute Gasteiger partial charge is 0.106 e. The lowest BCUT2D eigenvalue weighted by Crippen LogP contribution is -2.25. The van der Waals surface area contributed by atoms with E-state index in [4.69, 9.17) is 18.0 Å². The summed E-state index contributed by atoms with van der Waals surface area (Å²) in [6, 6.07) is 6.45. The maximum absolute atomic E-state index is 5.76. The van der Waals surface area contributed by atoms with Gasteiger partial charge in [-0.3, -0.25) is 0 Å². The lowest BCUT2D eigenvalue weighted by Gasteiger charge is -2.24. The van der Waals surface area contributed by atoms with Gasteiger partial charge in [0.1, 0.15) is 4.99 Å². The molecule has 0 radical (unpaired) electrons. The highest BCUT2D eigenvalue weighted by atomic mass is 32.1. The average Bonchev–Trinajstić information content (AvgIpc) is 2.30. The third-order valence-electron chi connectivity index (χ3n) is 3.41. The predicted octanol–water partition coefficient (Wildman–Crippen LogP) is 3.48. The normalized spacial score (nSPS) is 14.1. The van der Waals surface area contributed by atoms with E-state index in [9.17, 15) is 0 Å². The molecular weight excluding hydrogens is 228 g/mol. The Balaban J connectivity index is 3.00. The molecule has 0 amide bonds. The van der Waals surface area contributed by atoms with E-state index in [0.29, 0.717) is 16.9 Å². The van der Waals surface area contributed by atoms with Crippen LogP contribution in [-0.4, -0.2) is 11.0 Å². The van der Waals surface area contributed by atoms with Gasteiger partial charge in [0.25, 0.3) is 0 Å². The van der Waals surface area contributed by atoms with Crippen LogP contribution in [0.5, 0.6) is 0 Å². The highest BCUT2D eigenvalue weighted by Crippen LogP contribution is 2.23. The minimum Gasteiger partial charge on any atom is -0.389 e. The van der Waals surface area contributed by atoms with Crippen LogP contribution >= 0.6 is 12.2 Å². The Bertz CT molecular complexity index is 401. The highest BCUT2D eigenvalue weighted by Gasteiger charge is 2.14. The molecule has 1 aromatic rings. The van der Waals surface area contributed by atoms with Gasteiger partial charge in [0.05, 0.1) is 0 Å². The molecule has 1 aromatic carbocycles. The van der Waals surface area contributed by atoms with Gasteiger partial charge in [-0.25, -0.2) is 0 Å². The Labute approximate surface area is 110 Å². The van der Waals surface area contributed by atoms with Crippen LogP contribution in [0.4, 0.5) is 5.69 Å². The first-order valence-corrected chi connectivity index (χ1v) is 6.54. The van der Waals surface area contributed by atoms with Gasteiger partial charge in [0, 0.05) is 17.3 Å². The lowest BCUT2D eigenvalue weighted by atomic mass is 9.99. The Morgan fingerprint density at radius 3 is 2.59 bits per heavy atom. The first-order valence-electron chi connectivity index (χ1n) is 6.13. The summed E-state index contributed by atoms with van der Waals surface area (Å²) in [6.07, 6.45) is 1.16. The van der Waals surface area contributed by atoms with Gasteiger partial charge < -0.3 is 11.1 Å². The van der Waals surface area contributed by atoms with E-state index in [2.05, 4.69) is 39.1 Å². The molecule has 2 nitrogen and oxygen atoms in total. The molecule has 3 heteroatoms. The van der Waals surface area contributed by atoms with Crippen molar-refractivity contribution in [2.45, 2.75) is 40.2 Å². The number of benzene rings is 1. The monoisotopic (exact) mass is 250 g/mol. The molecule has 0 aromatic heterocycles. The number of nitrogens with two attached hydrogens (primary N) is 1. The quantitative estimate of drug-likeness (QED) is 0.786. The first-order chi connectivity index (χ1) is 7.97. The summed E-state index contributed by atoms with van der Waals surface area (Å²) >= 11 is 5.09. The van der Waals surface area contributed by atoms with Gasteiger partial charge in [-0.1, -0.05) is 44.6 Å². The van der Waals surface area contributed by atoms with E-state index >= 15 is 0 Å². The summed E-state index contributed by atoms with van der Waals surface area (Å²) < 4.78 is 0. The van der Waals surface area contributed by atoms with Gasteiger partial charge in [-0.15, -0.1) is 0 Å². The van der Waals surface area contributed by atoms with Crippen molar-refractivity contribution in [2.75, 3.05) is 5.32 Å². The van der Waals surface area contributed by atoms with E-state index in [1.807, 2.05) is 12.1 Å². The molecule has 3 N–H and O–H groups in total. The molecule has 0 aliphatic heterocycles. The number of anilines is 1. The number of rotatable bonds is 5. The standard InChI is InChI=1S/C14H22N2S/c1-5-9(2)11(4)16-13-10(3)7-6-8-12(13)14(15)17/h6-9,11,16H,5H2,1-4H3,(H2,15,17). The highest BCUT2D eigenvalue weighted by molar-refractivity contribution is 7.80. The molecule has 0 fully saturated rings. The Morgan fingerprint density at radius 1 is 1.41 bits per heavy atom. The number of para-hydroxylation sites is 1. The fraction of sp³-hybridized carbons (Fsp3) is 0.500. The summed E-state index contributed by atoms with van der Waals surface area (Å²) in [4.78, 5) is 0.451. The summed E-state index contributed by atoms with van der Waals surface area (Å²) in [7, 11) is 0. The van der Waals surface area contributed by atoms with Crippen LogP contribution in [0.3, 0.4) is 0 Å². The molecular formula is C14H22N2S. The van der Waals surface area contributed by atoms with Crippen LogP contribution in [-0.2, 0) is 0 Å². The van der Waals surface area contributed by atoms with E-state index in [1.165, 1.54) is 5.56 Å². The van der Waals surface area contributed by atoms with Crippen LogP contribution in [0.25, 0.3) is 0 Å². The largest absolute Gasteiger partial charge is 0.389 e. The van der Waals surface area contributed by atoms with Crippen molar-refractivity contribution in [3.8, 4) is 0 Å². The molecule has 0 heterocycles. The summed E-state index contributed by atoms with van der Waals surface area (Å²) in [5, 5.41) is 3.54. The van der Waals surface area contributed by atoms with E-state index < -0.39 is 0 Å².